The lowest BCUT2D eigenvalue weighted by Crippen LogP contribution is -1.91. The lowest BCUT2D eigenvalue weighted by molar-refractivity contribution is 0.483. The van der Waals surface area contributed by atoms with E-state index < -0.39 is 0 Å². The number of ether oxygens (including phenoxy) is 1. The number of hydrogen-bond acceptors (Lipinski definition) is 3. The summed E-state index contributed by atoms with van der Waals surface area (Å²) < 4.78 is 6.47. The van der Waals surface area contributed by atoms with E-state index in [0.717, 1.165) is 17.1 Å². The van der Waals surface area contributed by atoms with Gasteiger partial charge in [0.05, 0.1) is 4.47 Å². The molecule has 0 aliphatic heterocycles. The van der Waals surface area contributed by atoms with Gasteiger partial charge in [0.2, 0.25) is 0 Å². The van der Waals surface area contributed by atoms with E-state index in [1.165, 1.54) is 0 Å². The molecule has 2 aromatic carbocycles. The minimum Gasteiger partial charge on any atom is -0.457 e. The van der Waals surface area contributed by atoms with E-state index >= 15 is 0 Å². The standard InChI is InChI=1S/C16H10BrClN2O/c17-14-10-19-16(20-15(14)18)11-5-4-8-13(9-11)21-12-6-2-1-3-7-12/h1-10H. The Hall–Kier alpha value is -1.91. The molecule has 1 heterocycles. The summed E-state index contributed by atoms with van der Waals surface area (Å²) in [5.41, 5.74) is 0.845. The molecule has 0 aliphatic carbocycles. The highest BCUT2D eigenvalue weighted by Crippen LogP contribution is 2.27. The smallest absolute Gasteiger partial charge is 0.161 e. The minimum absolute atomic E-state index is 0.384. The molecule has 21 heavy (non-hydrogen) atoms. The fraction of sp³-hybridized carbons (Fsp3) is 0. The highest BCUT2D eigenvalue weighted by Gasteiger charge is 2.06. The number of benzene rings is 2. The van der Waals surface area contributed by atoms with Crippen LogP contribution in [0, 0.1) is 0 Å². The Labute approximate surface area is 135 Å². The maximum Gasteiger partial charge on any atom is 0.161 e. The Morgan fingerprint density at radius 1 is 0.952 bits per heavy atom. The van der Waals surface area contributed by atoms with E-state index in [-0.39, 0.29) is 0 Å². The number of aromatic nitrogens is 2. The Balaban J connectivity index is 1.91. The molecule has 1 aromatic heterocycles. The van der Waals surface area contributed by atoms with Crippen molar-refractivity contribution in [3.63, 3.8) is 0 Å². The lowest BCUT2D eigenvalue weighted by Gasteiger charge is -2.07. The molecule has 0 radical (unpaired) electrons. The summed E-state index contributed by atoms with van der Waals surface area (Å²) in [6, 6.07) is 17.2. The predicted molar refractivity (Wildman–Crippen MR) is 86.7 cm³/mol. The summed E-state index contributed by atoms with van der Waals surface area (Å²) >= 11 is 9.28. The van der Waals surface area contributed by atoms with Crippen LogP contribution in [0.2, 0.25) is 5.15 Å². The van der Waals surface area contributed by atoms with E-state index in [9.17, 15) is 0 Å². The first kappa shape index (κ1) is 14.0. The van der Waals surface area contributed by atoms with Crippen LogP contribution >= 0.6 is 27.5 Å². The van der Waals surface area contributed by atoms with E-state index in [1.54, 1.807) is 6.20 Å². The molecule has 0 aliphatic rings. The molecule has 0 bridgehead atoms. The van der Waals surface area contributed by atoms with Gasteiger partial charge in [-0.1, -0.05) is 41.9 Å². The summed E-state index contributed by atoms with van der Waals surface area (Å²) in [6.45, 7) is 0. The van der Waals surface area contributed by atoms with Crippen LogP contribution in [-0.4, -0.2) is 9.97 Å². The van der Waals surface area contributed by atoms with Crippen molar-refractivity contribution in [1.82, 2.24) is 9.97 Å². The SMILES string of the molecule is Clc1nc(-c2cccc(Oc3ccccc3)c2)ncc1Br. The molecule has 0 N–H and O–H groups in total. The zero-order chi connectivity index (χ0) is 14.7. The van der Waals surface area contributed by atoms with Crippen molar-refractivity contribution in [2.45, 2.75) is 0 Å². The topological polar surface area (TPSA) is 35.0 Å². The second-order valence-corrected chi connectivity index (χ2v) is 5.49. The van der Waals surface area contributed by atoms with Crippen LogP contribution in [0.25, 0.3) is 11.4 Å². The van der Waals surface area contributed by atoms with Gasteiger partial charge in [-0.3, -0.25) is 0 Å². The van der Waals surface area contributed by atoms with E-state index in [4.69, 9.17) is 16.3 Å². The Morgan fingerprint density at radius 3 is 2.48 bits per heavy atom. The molecule has 3 aromatic rings. The zero-order valence-corrected chi connectivity index (χ0v) is 13.2. The molecule has 3 nitrogen and oxygen atoms in total. The fourth-order valence-electron chi connectivity index (χ4n) is 1.81. The van der Waals surface area contributed by atoms with Crippen LogP contribution in [0.1, 0.15) is 0 Å². The van der Waals surface area contributed by atoms with Crippen molar-refractivity contribution in [2.75, 3.05) is 0 Å². The molecule has 0 unspecified atom stereocenters. The molecule has 0 saturated carbocycles. The first-order valence-corrected chi connectivity index (χ1v) is 7.41. The van der Waals surface area contributed by atoms with E-state index in [2.05, 4.69) is 25.9 Å². The fourth-order valence-corrected chi connectivity index (χ4v) is 2.13. The summed E-state index contributed by atoms with van der Waals surface area (Å²) in [4.78, 5) is 8.50. The molecule has 0 saturated heterocycles. The molecular formula is C16H10BrClN2O. The summed E-state index contributed by atoms with van der Waals surface area (Å²) in [5, 5.41) is 0.384. The number of nitrogens with zero attached hydrogens (tertiary/aromatic N) is 2. The maximum absolute atomic E-state index is 6.00. The van der Waals surface area contributed by atoms with Crippen molar-refractivity contribution in [3.8, 4) is 22.9 Å². The lowest BCUT2D eigenvalue weighted by atomic mass is 10.2. The average molecular weight is 362 g/mol. The molecule has 0 atom stereocenters. The summed E-state index contributed by atoms with van der Waals surface area (Å²) in [6.07, 6.45) is 1.63. The number of rotatable bonds is 3. The monoisotopic (exact) mass is 360 g/mol. The Bertz CT molecular complexity index is 765. The van der Waals surface area contributed by atoms with Crippen molar-refractivity contribution < 1.29 is 4.74 Å². The maximum atomic E-state index is 6.00. The highest BCUT2D eigenvalue weighted by atomic mass is 79.9. The van der Waals surface area contributed by atoms with E-state index in [1.807, 2.05) is 54.6 Å². The number of halogens is 2. The normalized spacial score (nSPS) is 10.4. The quantitative estimate of drug-likeness (QED) is 0.590. The van der Waals surface area contributed by atoms with E-state index in [0.29, 0.717) is 15.5 Å². The van der Waals surface area contributed by atoms with Gasteiger partial charge in [0.15, 0.2) is 5.82 Å². The molecule has 0 fully saturated rings. The Kier molecular flexibility index (Phi) is 4.18. The molecule has 104 valence electrons. The molecule has 3 rings (SSSR count). The van der Waals surface area contributed by atoms with Gasteiger partial charge >= 0.3 is 0 Å². The predicted octanol–water partition coefficient (Wildman–Crippen LogP) is 5.35. The Morgan fingerprint density at radius 2 is 1.71 bits per heavy atom. The van der Waals surface area contributed by atoms with Crippen molar-refractivity contribution in [3.05, 3.63) is 70.4 Å². The molecule has 5 heteroatoms. The third-order valence-corrected chi connectivity index (χ3v) is 3.87. The van der Waals surface area contributed by atoms with Gasteiger partial charge in [-0.2, -0.15) is 0 Å². The van der Waals surface area contributed by atoms with Crippen molar-refractivity contribution >= 4 is 27.5 Å². The molecule has 0 amide bonds. The van der Waals surface area contributed by atoms with Crippen LogP contribution < -0.4 is 4.74 Å². The second-order valence-electron chi connectivity index (χ2n) is 4.28. The van der Waals surface area contributed by atoms with Gasteiger partial charge in [0.1, 0.15) is 16.7 Å². The van der Waals surface area contributed by atoms with Gasteiger partial charge in [0.25, 0.3) is 0 Å². The van der Waals surface area contributed by atoms with Gasteiger partial charge in [-0.05, 0) is 40.2 Å². The zero-order valence-electron chi connectivity index (χ0n) is 10.8. The largest absolute Gasteiger partial charge is 0.457 e. The van der Waals surface area contributed by atoms with Crippen molar-refractivity contribution in [2.24, 2.45) is 0 Å². The summed E-state index contributed by atoms with van der Waals surface area (Å²) in [5.74, 6) is 2.06. The van der Waals surface area contributed by atoms with Crippen LogP contribution in [-0.2, 0) is 0 Å². The second kappa shape index (κ2) is 6.24. The van der Waals surface area contributed by atoms with Crippen LogP contribution in [0.3, 0.4) is 0 Å². The van der Waals surface area contributed by atoms with Gasteiger partial charge in [-0.15, -0.1) is 0 Å². The molecular weight excluding hydrogens is 352 g/mol. The average Bonchev–Trinajstić information content (AvgIpc) is 2.51. The van der Waals surface area contributed by atoms with Crippen molar-refractivity contribution in [1.29, 1.82) is 0 Å². The third kappa shape index (κ3) is 3.40. The van der Waals surface area contributed by atoms with Gasteiger partial charge in [-0.25, -0.2) is 9.97 Å². The van der Waals surface area contributed by atoms with Crippen LogP contribution in [0.5, 0.6) is 11.5 Å². The number of para-hydroxylation sites is 1. The van der Waals surface area contributed by atoms with Gasteiger partial charge in [0, 0.05) is 11.8 Å². The third-order valence-electron chi connectivity index (χ3n) is 2.77. The number of hydrogen-bond donors (Lipinski definition) is 0. The minimum atomic E-state index is 0.384. The highest BCUT2D eigenvalue weighted by molar-refractivity contribution is 9.10. The first-order chi connectivity index (χ1) is 10.2. The van der Waals surface area contributed by atoms with Crippen LogP contribution in [0.15, 0.2) is 65.3 Å². The summed E-state index contributed by atoms with van der Waals surface area (Å²) in [7, 11) is 0. The first-order valence-electron chi connectivity index (χ1n) is 6.24. The van der Waals surface area contributed by atoms with Gasteiger partial charge < -0.3 is 4.74 Å². The van der Waals surface area contributed by atoms with Crippen LogP contribution in [0.4, 0.5) is 0 Å². The molecule has 0 spiro atoms.